The molecule has 1 atom stereocenters. The molecule has 0 spiro atoms. The number of carbonyl (C=O) groups is 1. The van der Waals surface area contributed by atoms with Gasteiger partial charge in [0.1, 0.15) is 5.76 Å². The van der Waals surface area contributed by atoms with Gasteiger partial charge in [-0.15, -0.1) is 0 Å². The molecule has 130 valence electrons. The summed E-state index contributed by atoms with van der Waals surface area (Å²) in [4.78, 5) is 11.3. The molecule has 0 aromatic carbocycles. The molecule has 0 aliphatic carbocycles. The second kappa shape index (κ2) is 10.9. The second-order valence-electron chi connectivity index (χ2n) is 5.75. The van der Waals surface area contributed by atoms with Crippen molar-refractivity contribution in [3.63, 3.8) is 0 Å². The summed E-state index contributed by atoms with van der Waals surface area (Å²) in [5, 5.41) is 6.08. The van der Waals surface area contributed by atoms with Crippen LogP contribution >= 0.6 is 0 Å². The lowest BCUT2D eigenvalue weighted by Crippen LogP contribution is -2.51. The van der Waals surface area contributed by atoms with Gasteiger partial charge in [-0.3, -0.25) is 4.79 Å². The Morgan fingerprint density at radius 2 is 2.22 bits per heavy atom. The molecule has 1 aliphatic rings. The Balaban J connectivity index is 2.42. The summed E-state index contributed by atoms with van der Waals surface area (Å²) in [6.07, 6.45) is 7.68. The van der Waals surface area contributed by atoms with Crippen LogP contribution in [0.5, 0.6) is 0 Å². The van der Waals surface area contributed by atoms with E-state index in [0.29, 0.717) is 13.2 Å². The van der Waals surface area contributed by atoms with Crippen molar-refractivity contribution in [1.29, 1.82) is 0 Å². The molecular weight excluding hydrogens is 292 g/mol. The minimum atomic E-state index is 0.0619. The SMILES string of the molecule is C=C(/C=C\C(OC)=C(/C)OCCCC)CCC1CNCC(=O)N1. The lowest BCUT2D eigenvalue weighted by Gasteiger charge is -2.24. The van der Waals surface area contributed by atoms with E-state index in [4.69, 9.17) is 9.47 Å². The fourth-order valence-corrected chi connectivity index (χ4v) is 2.27. The first-order chi connectivity index (χ1) is 11.1. The molecule has 1 fully saturated rings. The number of hydrogen-bond acceptors (Lipinski definition) is 4. The highest BCUT2D eigenvalue weighted by molar-refractivity contribution is 5.79. The Labute approximate surface area is 139 Å². The maximum absolute atomic E-state index is 11.3. The Hall–Kier alpha value is -1.75. The van der Waals surface area contributed by atoms with Crippen LogP contribution in [0.1, 0.15) is 39.5 Å². The van der Waals surface area contributed by atoms with Crippen molar-refractivity contribution in [1.82, 2.24) is 10.6 Å². The molecule has 2 N–H and O–H groups in total. The number of methoxy groups -OCH3 is 1. The van der Waals surface area contributed by atoms with Crippen molar-refractivity contribution in [3.8, 4) is 0 Å². The van der Waals surface area contributed by atoms with Gasteiger partial charge in [0.15, 0.2) is 5.76 Å². The summed E-state index contributed by atoms with van der Waals surface area (Å²) in [5.74, 6) is 1.57. The average molecular weight is 322 g/mol. The molecule has 1 unspecified atom stereocenters. The monoisotopic (exact) mass is 322 g/mol. The lowest BCUT2D eigenvalue weighted by atomic mass is 10.0. The van der Waals surface area contributed by atoms with Crippen LogP contribution in [0.3, 0.4) is 0 Å². The van der Waals surface area contributed by atoms with Crippen molar-refractivity contribution in [2.75, 3.05) is 26.8 Å². The first-order valence-corrected chi connectivity index (χ1v) is 8.30. The summed E-state index contributed by atoms with van der Waals surface area (Å²) in [5.41, 5.74) is 1.00. The molecule has 5 nitrogen and oxygen atoms in total. The van der Waals surface area contributed by atoms with Crippen molar-refractivity contribution in [3.05, 3.63) is 35.8 Å². The zero-order valence-corrected chi connectivity index (χ0v) is 14.6. The summed E-state index contributed by atoms with van der Waals surface area (Å²) >= 11 is 0. The first-order valence-electron chi connectivity index (χ1n) is 8.30. The minimum Gasteiger partial charge on any atom is -0.494 e. The third-order valence-corrected chi connectivity index (χ3v) is 3.71. The highest BCUT2D eigenvalue weighted by atomic mass is 16.5. The van der Waals surface area contributed by atoms with Gasteiger partial charge in [-0.2, -0.15) is 0 Å². The second-order valence-corrected chi connectivity index (χ2v) is 5.75. The molecule has 5 heteroatoms. The number of ether oxygens (including phenoxy) is 2. The topological polar surface area (TPSA) is 59.6 Å². The van der Waals surface area contributed by atoms with Gasteiger partial charge in [-0.25, -0.2) is 0 Å². The Bertz CT molecular complexity index is 455. The fraction of sp³-hybridized carbons (Fsp3) is 0.611. The molecule has 1 amide bonds. The van der Waals surface area contributed by atoms with E-state index in [0.717, 1.165) is 49.3 Å². The zero-order chi connectivity index (χ0) is 17.1. The summed E-state index contributed by atoms with van der Waals surface area (Å²) < 4.78 is 11.0. The van der Waals surface area contributed by atoms with Crippen molar-refractivity contribution in [2.45, 2.75) is 45.6 Å². The number of allylic oxidation sites excluding steroid dienone is 4. The average Bonchev–Trinajstić information content (AvgIpc) is 2.54. The quantitative estimate of drug-likeness (QED) is 0.369. The van der Waals surface area contributed by atoms with Crippen LogP contribution in [-0.2, 0) is 14.3 Å². The van der Waals surface area contributed by atoms with Crippen LogP contribution in [0, 0.1) is 0 Å². The summed E-state index contributed by atoms with van der Waals surface area (Å²) in [6.45, 7) is 10.0. The Morgan fingerprint density at radius 1 is 1.43 bits per heavy atom. The van der Waals surface area contributed by atoms with Gasteiger partial charge in [0.25, 0.3) is 0 Å². The van der Waals surface area contributed by atoms with E-state index >= 15 is 0 Å². The van der Waals surface area contributed by atoms with Crippen LogP contribution in [-0.4, -0.2) is 38.8 Å². The van der Waals surface area contributed by atoms with Gasteiger partial charge < -0.3 is 20.1 Å². The zero-order valence-electron chi connectivity index (χ0n) is 14.6. The molecule has 1 heterocycles. The molecule has 0 bridgehead atoms. The van der Waals surface area contributed by atoms with Gasteiger partial charge in [0, 0.05) is 12.6 Å². The number of hydrogen-bond donors (Lipinski definition) is 2. The standard InChI is InChI=1S/C18H30N2O3/c1-5-6-11-23-15(3)17(22-4)10-8-14(2)7-9-16-12-19-13-18(21)20-16/h8,10,16,19H,2,5-7,9,11-13H2,1,3-4H3,(H,20,21)/b10-8-,17-15-. The Morgan fingerprint density at radius 3 is 2.87 bits per heavy atom. The predicted molar refractivity (Wildman–Crippen MR) is 92.9 cm³/mol. The van der Waals surface area contributed by atoms with E-state index in [-0.39, 0.29) is 11.9 Å². The number of unbranched alkanes of at least 4 members (excludes halogenated alkanes) is 1. The van der Waals surface area contributed by atoms with E-state index in [1.165, 1.54) is 0 Å². The third-order valence-electron chi connectivity index (χ3n) is 3.71. The Kier molecular flexibility index (Phi) is 9.14. The summed E-state index contributed by atoms with van der Waals surface area (Å²) in [7, 11) is 1.64. The van der Waals surface area contributed by atoms with Crippen LogP contribution in [0.25, 0.3) is 0 Å². The molecule has 0 aromatic heterocycles. The smallest absolute Gasteiger partial charge is 0.234 e. The molecular formula is C18H30N2O3. The fourth-order valence-electron chi connectivity index (χ4n) is 2.27. The van der Waals surface area contributed by atoms with Crippen LogP contribution < -0.4 is 10.6 Å². The number of carbonyl (C=O) groups excluding carboxylic acids is 1. The maximum atomic E-state index is 11.3. The first kappa shape index (κ1) is 19.3. The molecule has 23 heavy (non-hydrogen) atoms. The molecule has 1 aliphatic heterocycles. The van der Waals surface area contributed by atoms with Gasteiger partial charge in [-0.05, 0) is 32.3 Å². The normalized spacial score (nSPS) is 19.3. The van der Waals surface area contributed by atoms with E-state index in [9.17, 15) is 4.79 Å². The van der Waals surface area contributed by atoms with E-state index in [2.05, 4.69) is 24.1 Å². The largest absolute Gasteiger partial charge is 0.494 e. The van der Waals surface area contributed by atoms with E-state index in [1.807, 2.05) is 19.1 Å². The molecule has 1 rings (SSSR count). The predicted octanol–water partition coefficient (Wildman–Crippen LogP) is 2.66. The van der Waals surface area contributed by atoms with Gasteiger partial charge >= 0.3 is 0 Å². The minimum absolute atomic E-state index is 0.0619. The number of nitrogens with one attached hydrogen (secondary N) is 2. The molecule has 0 aromatic rings. The molecule has 1 saturated heterocycles. The van der Waals surface area contributed by atoms with Crippen molar-refractivity contribution < 1.29 is 14.3 Å². The van der Waals surface area contributed by atoms with Crippen LogP contribution in [0.4, 0.5) is 0 Å². The highest BCUT2D eigenvalue weighted by Crippen LogP contribution is 2.13. The van der Waals surface area contributed by atoms with Crippen LogP contribution in [0.2, 0.25) is 0 Å². The van der Waals surface area contributed by atoms with Crippen molar-refractivity contribution in [2.24, 2.45) is 0 Å². The highest BCUT2D eigenvalue weighted by Gasteiger charge is 2.16. The number of piperazine rings is 1. The molecule has 0 radical (unpaired) electrons. The lowest BCUT2D eigenvalue weighted by molar-refractivity contribution is -0.122. The van der Waals surface area contributed by atoms with Gasteiger partial charge in [0.05, 0.1) is 20.3 Å². The van der Waals surface area contributed by atoms with Crippen molar-refractivity contribution >= 4 is 5.91 Å². The molecule has 0 saturated carbocycles. The maximum Gasteiger partial charge on any atom is 0.234 e. The van der Waals surface area contributed by atoms with Gasteiger partial charge in [-0.1, -0.05) is 31.6 Å². The number of amides is 1. The summed E-state index contributed by atoms with van der Waals surface area (Å²) in [6, 6.07) is 0.179. The third kappa shape index (κ3) is 7.88. The van der Waals surface area contributed by atoms with Gasteiger partial charge in [0.2, 0.25) is 5.91 Å². The van der Waals surface area contributed by atoms with E-state index in [1.54, 1.807) is 7.11 Å². The van der Waals surface area contributed by atoms with E-state index < -0.39 is 0 Å². The number of rotatable bonds is 10. The van der Waals surface area contributed by atoms with Crippen LogP contribution in [0.15, 0.2) is 35.8 Å².